The summed E-state index contributed by atoms with van der Waals surface area (Å²) in [4.78, 5) is 2.50. The monoisotopic (exact) mass is 259 g/mol. The van der Waals surface area contributed by atoms with Gasteiger partial charge >= 0.3 is 0 Å². The molecule has 102 valence electrons. The van der Waals surface area contributed by atoms with Crippen molar-refractivity contribution in [1.82, 2.24) is 14.5 Å². The predicted octanol–water partition coefficient (Wildman–Crippen LogP) is 2.59. The van der Waals surface area contributed by atoms with Crippen LogP contribution < -0.4 is 4.74 Å². The molecule has 1 aliphatic rings. The van der Waals surface area contributed by atoms with Gasteiger partial charge in [-0.05, 0) is 38.1 Å². The molecule has 4 heteroatoms. The van der Waals surface area contributed by atoms with E-state index in [1.807, 2.05) is 35.0 Å². The van der Waals surface area contributed by atoms with Gasteiger partial charge in [0.15, 0.2) is 0 Å². The Morgan fingerprint density at radius 1 is 1.11 bits per heavy atom. The van der Waals surface area contributed by atoms with Gasteiger partial charge < -0.3 is 4.74 Å². The van der Waals surface area contributed by atoms with Gasteiger partial charge in [-0.2, -0.15) is 0 Å². The first-order valence-electron chi connectivity index (χ1n) is 7.21. The molecule has 3 rings (SSSR count). The Hall–Kier alpha value is -1.55. The first-order chi connectivity index (χ1) is 9.42. The topological polar surface area (TPSA) is 29.8 Å². The van der Waals surface area contributed by atoms with Crippen molar-refractivity contribution in [2.75, 3.05) is 26.2 Å². The third-order valence-electron chi connectivity index (χ3n) is 3.70. The first kappa shape index (κ1) is 12.5. The lowest BCUT2D eigenvalue weighted by Crippen LogP contribution is -2.29. The highest BCUT2D eigenvalue weighted by molar-refractivity contribution is 5.48. The minimum absolute atomic E-state index is 0.723. The van der Waals surface area contributed by atoms with E-state index >= 15 is 0 Å². The van der Waals surface area contributed by atoms with Crippen molar-refractivity contribution in [3.63, 3.8) is 0 Å². The lowest BCUT2D eigenvalue weighted by Gasteiger charge is -2.19. The summed E-state index contributed by atoms with van der Waals surface area (Å²) in [7, 11) is 0. The second-order valence-corrected chi connectivity index (χ2v) is 5.16. The Labute approximate surface area is 114 Å². The molecule has 0 aromatic carbocycles. The van der Waals surface area contributed by atoms with Crippen molar-refractivity contribution in [2.24, 2.45) is 0 Å². The Kier molecular flexibility index (Phi) is 3.98. The maximum absolute atomic E-state index is 5.76. The summed E-state index contributed by atoms with van der Waals surface area (Å²) in [5.41, 5.74) is 1.08. The zero-order valence-corrected chi connectivity index (χ0v) is 11.3. The predicted molar refractivity (Wildman–Crippen MR) is 75.6 cm³/mol. The molecule has 1 aliphatic heterocycles. The smallest absolute Gasteiger partial charge is 0.233 e. The summed E-state index contributed by atoms with van der Waals surface area (Å²) in [6.45, 7) is 4.17. The number of ether oxygens (including phenoxy) is 1. The van der Waals surface area contributed by atoms with E-state index in [9.17, 15) is 0 Å². The van der Waals surface area contributed by atoms with E-state index in [4.69, 9.17) is 4.74 Å². The average Bonchev–Trinajstić information content (AvgIpc) is 2.66. The van der Waals surface area contributed by atoms with Crippen LogP contribution in [0.2, 0.25) is 0 Å². The maximum atomic E-state index is 5.76. The number of fused-ring (bicyclic) bond motifs is 1. The minimum atomic E-state index is 0.723. The SMILES string of the molecule is c1ccn2nc(OCCN3CCCCCC3)cc2c1. The zero-order valence-electron chi connectivity index (χ0n) is 11.3. The van der Waals surface area contributed by atoms with E-state index in [-0.39, 0.29) is 0 Å². The van der Waals surface area contributed by atoms with Crippen LogP contribution in [0, 0.1) is 0 Å². The Balaban J connectivity index is 1.51. The third kappa shape index (κ3) is 3.26. The highest BCUT2D eigenvalue weighted by atomic mass is 16.5. The van der Waals surface area contributed by atoms with Crippen LogP contribution in [0.5, 0.6) is 5.88 Å². The number of rotatable bonds is 4. The molecule has 0 saturated carbocycles. The maximum Gasteiger partial charge on any atom is 0.233 e. The highest BCUT2D eigenvalue weighted by Gasteiger charge is 2.09. The van der Waals surface area contributed by atoms with Crippen LogP contribution in [0.1, 0.15) is 25.7 Å². The Morgan fingerprint density at radius 2 is 1.95 bits per heavy atom. The van der Waals surface area contributed by atoms with E-state index in [1.54, 1.807) is 0 Å². The van der Waals surface area contributed by atoms with Gasteiger partial charge in [-0.15, -0.1) is 5.10 Å². The fourth-order valence-electron chi connectivity index (χ4n) is 2.62. The minimum Gasteiger partial charge on any atom is -0.475 e. The number of nitrogens with zero attached hydrogens (tertiary/aromatic N) is 3. The highest BCUT2D eigenvalue weighted by Crippen LogP contribution is 2.13. The van der Waals surface area contributed by atoms with Crippen LogP contribution in [-0.2, 0) is 0 Å². The molecular weight excluding hydrogens is 238 g/mol. The Bertz CT molecular complexity index is 482. The van der Waals surface area contributed by atoms with Crippen molar-refractivity contribution in [2.45, 2.75) is 25.7 Å². The van der Waals surface area contributed by atoms with Crippen LogP contribution in [0.4, 0.5) is 0 Å². The number of hydrogen-bond acceptors (Lipinski definition) is 3. The van der Waals surface area contributed by atoms with Crippen LogP contribution in [0.15, 0.2) is 30.5 Å². The summed E-state index contributed by atoms with van der Waals surface area (Å²) < 4.78 is 7.61. The molecule has 0 radical (unpaired) electrons. The molecule has 3 heterocycles. The van der Waals surface area contributed by atoms with Gasteiger partial charge in [0.05, 0.1) is 5.52 Å². The summed E-state index contributed by atoms with van der Waals surface area (Å²) >= 11 is 0. The standard InChI is InChI=1S/C15H21N3O/c1-2-5-9-17(8-4-1)11-12-19-15-13-14-7-3-6-10-18(14)16-15/h3,6-7,10,13H,1-2,4-5,8-9,11-12H2. The molecule has 0 amide bonds. The van der Waals surface area contributed by atoms with Crippen molar-refractivity contribution >= 4 is 5.52 Å². The third-order valence-corrected chi connectivity index (χ3v) is 3.70. The normalized spacial score (nSPS) is 17.5. The molecule has 0 bridgehead atoms. The van der Waals surface area contributed by atoms with Gasteiger partial charge in [0.2, 0.25) is 5.88 Å². The molecule has 0 unspecified atom stereocenters. The van der Waals surface area contributed by atoms with Crippen LogP contribution in [0.3, 0.4) is 0 Å². The van der Waals surface area contributed by atoms with E-state index in [2.05, 4.69) is 10.00 Å². The van der Waals surface area contributed by atoms with E-state index in [1.165, 1.54) is 38.8 Å². The average molecular weight is 259 g/mol. The van der Waals surface area contributed by atoms with Gasteiger partial charge in [0.25, 0.3) is 0 Å². The lowest BCUT2D eigenvalue weighted by atomic mass is 10.2. The zero-order chi connectivity index (χ0) is 12.9. The van der Waals surface area contributed by atoms with Crippen molar-refractivity contribution in [1.29, 1.82) is 0 Å². The molecule has 2 aromatic rings. The van der Waals surface area contributed by atoms with Gasteiger partial charge in [-0.3, -0.25) is 4.90 Å². The first-order valence-corrected chi connectivity index (χ1v) is 7.21. The quantitative estimate of drug-likeness (QED) is 0.845. The van der Waals surface area contributed by atoms with Crippen LogP contribution in [0.25, 0.3) is 5.52 Å². The molecule has 2 aromatic heterocycles. The van der Waals surface area contributed by atoms with E-state index in [0.29, 0.717) is 0 Å². The molecule has 1 saturated heterocycles. The molecule has 0 atom stereocenters. The van der Waals surface area contributed by atoms with E-state index < -0.39 is 0 Å². The summed E-state index contributed by atoms with van der Waals surface area (Å²) in [6, 6.07) is 8.01. The number of aromatic nitrogens is 2. The second kappa shape index (κ2) is 6.06. The number of likely N-dealkylation sites (tertiary alicyclic amines) is 1. The summed E-state index contributed by atoms with van der Waals surface area (Å²) in [5.74, 6) is 0.723. The molecule has 1 fully saturated rings. The fraction of sp³-hybridized carbons (Fsp3) is 0.533. The Morgan fingerprint density at radius 3 is 2.74 bits per heavy atom. The molecule has 4 nitrogen and oxygen atoms in total. The number of hydrogen-bond donors (Lipinski definition) is 0. The van der Waals surface area contributed by atoms with Gasteiger partial charge in [-0.25, -0.2) is 4.52 Å². The van der Waals surface area contributed by atoms with Crippen LogP contribution >= 0.6 is 0 Å². The molecule has 0 aliphatic carbocycles. The molecular formula is C15H21N3O. The summed E-state index contributed by atoms with van der Waals surface area (Å²) in [5, 5.41) is 4.39. The largest absolute Gasteiger partial charge is 0.475 e. The van der Waals surface area contributed by atoms with Gasteiger partial charge in [0.1, 0.15) is 6.61 Å². The van der Waals surface area contributed by atoms with Crippen LogP contribution in [-0.4, -0.2) is 40.8 Å². The number of pyridine rings is 1. The van der Waals surface area contributed by atoms with Gasteiger partial charge in [0, 0.05) is 18.8 Å². The van der Waals surface area contributed by atoms with Crippen molar-refractivity contribution in [3.8, 4) is 5.88 Å². The molecule has 19 heavy (non-hydrogen) atoms. The molecule has 0 spiro atoms. The molecule has 0 N–H and O–H groups in total. The summed E-state index contributed by atoms with van der Waals surface area (Å²) in [6.07, 6.45) is 7.35. The van der Waals surface area contributed by atoms with Crippen molar-refractivity contribution in [3.05, 3.63) is 30.5 Å². The van der Waals surface area contributed by atoms with Gasteiger partial charge in [-0.1, -0.05) is 18.9 Å². The fourth-order valence-corrected chi connectivity index (χ4v) is 2.62. The van der Waals surface area contributed by atoms with Crippen molar-refractivity contribution < 1.29 is 4.74 Å². The van der Waals surface area contributed by atoms with E-state index in [0.717, 1.165) is 24.5 Å². The lowest BCUT2D eigenvalue weighted by molar-refractivity contribution is 0.209. The second-order valence-electron chi connectivity index (χ2n) is 5.16.